The summed E-state index contributed by atoms with van der Waals surface area (Å²) in [6.45, 7) is 9.82. The van der Waals surface area contributed by atoms with Gasteiger partial charge in [-0.3, -0.25) is 14.6 Å². The molecule has 0 unspecified atom stereocenters. The Balaban J connectivity index is 0.00000288. The normalized spacial score (nSPS) is 16.6. The standard InChI is InChI=1S/C16H30N6O.HI/c1-16(2,22-7-9-23-10-8-22)13-19-15(17-3)18-6-5-14-11-20-21(4)12-14;/h11-12H,5-10,13H2,1-4H3,(H2,17,18,19);1H. The average molecular weight is 450 g/mol. The molecule has 1 aromatic heterocycles. The molecule has 0 atom stereocenters. The third kappa shape index (κ3) is 6.56. The molecular formula is C16H31IN6O. The molecule has 8 heteroatoms. The van der Waals surface area contributed by atoms with Crippen molar-refractivity contribution in [2.75, 3.05) is 46.4 Å². The van der Waals surface area contributed by atoms with Crippen LogP contribution in [-0.4, -0.2) is 72.6 Å². The summed E-state index contributed by atoms with van der Waals surface area (Å²) < 4.78 is 7.26. The van der Waals surface area contributed by atoms with E-state index in [2.05, 4.69) is 39.5 Å². The summed E-state index contributed by atoms with van der Waals surface area (Å²) in [5, 5.41) is 11.0. The van der Waals surface area contributed by atoms with Gasteiger partial charge in [-0.15, -0.1) is 24.0 Å². The van der Waals surface area contributed by atoms with Crippen molar-refractivity contribution in [2.24, 2.45) is 12.0 Å². The maximum atomic E-state index is 5.43. The van der Waals surface area contributed by atoms with Gasteiger partial charge in [-0.1, -0.05) is 0 Å². The number of rotatable bonds is 6. The molecule has 0 spiro atoms. The molecule has 0 amide bonds. The van der Waals surface area contributed by atoms with E-state index in [-0.39, 0.29) is 29.5 Å². The molecule has 2 N–H and O–H groups in total. The Kier molecular flexibility index (Phi) is 8.99. The number of morpholine rings is 1. The summed E-state index contributed by atoms with van der Waals surface area (Å²) in [7, 11) is 3.74. The quantitative estimate of drug-likeness (QED) is 0.383. The van der Waals surface area contributed by atoms with E-state index in [1.54, 1.807) is 7.05 Å². The van der Waals surface area contributed by atoms with E-state index in [0.29, 0.717) is 0 Å². The second-order valence-electron chi connectivity index (χ2n) is 6.54. The van der Waals surface area contributed by atoms with Crippen molar-refractivity contribution < 1.29 is 4.74 Å². The van der Waals surface area contributed by atoms with E-state index in [4.69, 9.17) is 4.74 Å². The molecule has 1 aromatic rings. The van der Waals surface area contributed by atoms with E-state index in [9.17, 15) is 0 Å². The minimum Gasteiger partial charge on any atom is -0.379 e. The summed E-state index contributed by atoms with van der Waals surface area (Å²) in [5.41, 5.74) is 1.30. The lowest BCUT2D eigenvalue weighted by Gasteiger charge is -2.41. The zero-order valence-corrected chi connectivity index (χ0v) is 17.5. The van der Waals surface area contributed by atoms with Crippen LogP contribution in [-0.2, 0) is 18.2 Å². The molecule has 0 aromatic carbocycles. The first-order valence-corrected chi connectivity index (χ1v) is 8.26. The van der Waals surface area contributed by atoms with E-state index >= 15 is 0 Å². The average Bonchev–Trinajstić information content (AvgIpc) is 2.97. The van der Waals surface area contributed by atoms with Crippen LogP contribution in [0.5, 0.6) is 0 Å². The van der Waals surface area contributed by atoms with Crippen LogP contribution in [0.4, 0.5) is 0 Å². The van der Waals surface area contributed by atoms with Gasteiger partial charge in [-0.05, 0) is 25.8 Å². The van der Waals surface area contributed by atoms with Gasteiger partial charge < -0.3 is 15.4 Å². The van der Waals surface area contributed by atoms with Crippen molar-refractivity contribution in [1.29, 1.82) is 0 Å². The number of aryl methyl sites for hydroxylation is 1. The Labute approximate surface area is 162 Å². The highest BCUT2D eigenvalue weighted by molar-refractivity contribution is 14.0. The summed E-state index contributed by atoms with van der Waals surface area (Å²) in [4.78, 5) is 6.77. The fourth-order valence-electron chi connectivity index (χ4n) is 2.73. The van der Waals surface area contributed by atoms with Gasteiger partial charge in [0, 0.05) is 52.0 Å². The smallest absolute Gasteiger partial charge is 0.191 e. The summed E-state index contributed by atoms with van der Waals surface area (Å²) >= 11 is 0. The number of nitrogens with one attached hydrogen (secondary N) is 2. The van der Waals surface area contributed by atoms with Crippen LogP contribution in [0.3, 0.4) is 0 Å². The van der Waals surface area contributed by atoms with Crippen molar-refractivity contribution in [3.8, 4) is 0 Å². The molecule has 0 saturated carbocycles. The van der Waals surface area contributed by atoms with Gasteiger partial charge in [-0.2, -0.15) is 5.10 Å². The number of aliphatic imine (C=N–C) groups is 1. The third-order valence-electron chi connectivity index (χ3n) is 4.24. The van der Waals surface area contributed by atoms with E-state index in [1.165, 1.54) is 5.56 Å². The first-order chi connectivity index (χ1) is 11.0. The molecule has 2 rings (SSSR count). The van der Waals surface area contributed by atoms with Crippen LogP contribution in [0.1, 0.15) is 19.4 Å². The molecule has 1 aliphatic rings. The van der Waals surface area contributed by atoms with Crippen LogP contribution in [0, 0.1) is 0 Å². The summed E-state index contributed by atoms with van der Waals surface area (Å²) in [6, 6.07) is 0. The number of guanidine groups is 1. The molecule has 24 heavy (non-hydrogen) atoms. The summed E-state index contributed by atoms with van der Waals surface area (Å²) in [6.07, 6.45) is 4.88. The molecule has 0 aliphatic carbocycles. The lowest BCUT2D eigenvalue weighted by molar-refractivity contribution is -0.00833. The van der Waals surface area contributed by atoms with Gasteiger partial charge >= 0.3 is 0 Å². The molecule has 1 saturated heterocycles. The molecule has 1 aliphatic heterocycles. The largest absolute Gasteiger partial charge is 0.379 e. The van der Waals surface area contributed by atoms with Gasteiger partial charge in [0.05, 0.1) is 19.4 Å². The first-order valence-electron chi connectivity index (χ1n) is 8.26. The third-order valence-corrected chi connectivity index (χ3v) is 4.24. The Hall–Kier alpha value is -0.870. The van der Waals surface area contributed by atoms with E-state index in [0.717, 1.165) is 51.8 Å². The number of hydrogen-bond acceptors (Lipinski definition) is 4. The second-order valence-corrected chi connectivity index (χ2v) is 6.54. The monoisotopic (exact) mass is 450 g/mol. The highest BCUT2D eigenvalue weighted by atomic mass is 127. The highest BCUT2D eigenvalue weighted by Crippen LogP contribution is 2.14. The summed E-state index contributed by atoms with van der Waals surface area (Å²) in [5.74, 6) is 0.843. The Bertz CT molecular complexity index is 510. The molecule has 2 heterocycles. The van der Waals surface area contributed by atoms with Gasteiger partial charge in [0.1, 0.15) is 0 Å². The molecule has 7 nitrogen and oxygen atoms in total. The maximum absolute atomic E-state index is 5.43. The number of ether oxygens (including phenoxy) is 1. The molecular weight excluding hydrogens is 419 g/mol. The fraction of sp³-hybridized carbons (Fsp3) is 0.750. The minimum atomic E-state index is 0. The van der Waals surface area contributed by atoms with Crippen LogP contribution in [0.15, 0.2) is 17.4 Å². The van der Waals surface area contributed by atoms with Crippen LogP contribution >= 0.6 is 24.0 Å². The maximum Gasteiger partial charge on any atom is 0.191 e. The number of aromatic nitrogens is 2. The molecule has 0 bridgehead atoms. The first kappa shape index (κ1) is 21.2. The molecule has 1 fully saturated rings. The predicted molar refractivity (Wildman–Crippen MR) is 108 cm³/mol. The van der Waals surface area contributed by atoms with Crippen molar-refractivity contribution in [1.82, 2.24) is 25.3 Å². The lowest BCUT2D eigenvalue weighted by Crippen LogP contribution is -2.56. The van der Waals surface area contributed by atoms with Gasteiger partial charge in [-0.25, -0.2) is 0 Å². The minimum absolute atomic E-state index is 0. The van der Waals surface area contributed by atoms with E-state index in [1.807, 2.05) is 24.1 Å². The van der Waals surface area contributed by atoms with Gasteiger partial charge in [0.2, 0.25) is 0 Å². The SMILES string of the molecule is CN=C(NCCc1cnn(C)c1)NCC(C)(C)N1CCOCC1.I. The van der Waals surface area contributed by atoms with Crippen molar-refractivity contribution >= 4 is 29.9 Å². The zero-order chi connectivity index (χ0) is 16.7. The zero-order valence-electron chi connectivity index (χ0n) is 15.2. The Morgan fingerprint density at radius 3 is 2.62 bits per heavy atom. The van der Waals surface area contributed by atoms with Crippen LogP contribution < -0.4 is 10.6 Å². The number of halogens is 1. The van der Waals surface area contributed by atoms with Gasteiger partial charge in [0.15, 0.2) is 5.96 Å². The van der Waals surface area contributed by atoms with Gasteiger partial charge in [0.25, 0.3) is 0 Å². The Morgan fingerprint density at radius 1 is 1.33 bits per heavy atom. The van der Waals surface area contributed by atoms with Crippen LogP contribution in [0.25, 0.3) is 0 Å². The van der Waals surface area contributed by atoms with E-state index < -0.39 is 0 Å². The topological polar surface area (TPSA) is 66.7 Å². The van der Waals surface area contributed by atoms with Crippen molar-refractivity contribution in [3.05, 3.63) is 18.0 Å². The van der Waals surface area contributed by atoms with Crippen molar-refractivity contribution in [2.45, 2.75) is 25.8 Å². The highest BCUT2D eigenvalue weighted by Gasteiger charge is 2.28. The Morgan fingerprint density at radius 2 is 2.04 bits per heavy atom. The fourth-order valence-corrected chi connectivity index (χ4v) is 2.73. The predicted octanol–water partition coefficient (Wildman–Crippen LogP) is 0.856. The lowest BCUT2D eigenvalue weighted by atomic mass is 10.0. The van der Waals surface area contributed by atoms with Crippen molar-refractivity contribution in [3.63, 3.8) is 0 Å². The van der Waals surface area contributed by atoms with Crippen LogP contribution in [0.2, 0.25) is 0 Å². The number of nitrogens with zero attached hydrogens (tertiary/aromatic N) is 4. The second kappa shape index (κ2) is 10.2. The number of hydrogen-bond donors (Lipinski definition) is 2. The molecule has 138 valence electrons. The molecule has 0 radical (unpaired) electrons.